The first-order valence-electron chi connectivity index (χ1n) is 7.83. The Kier molecular flexibility index (Phi) is 3.88. The van der Waals surface area contributed by atoms with E-state index in [9.17, 15) is 4.79 Å². The molecule has 3 saturated carbocycles. The van der Waals surface area contributed by atoms with Crippen molar-refractivity contribution in [3.05, 3.63) is 0 Å². The minimum absolute atomic E-state index is 0.207. The van der Waals surface area contributed by atoms with Gasteiger partial charge in [0, 0.05) is 6.04 Å². The summed E-state index contributed by atoms with van der Waals surface area (Å²) in [6.45, 7) is 1.55. The van der Waals surface area contributed by atoms with Crippen molar-refractivity contribution in [3.8, 4) is 0 Å². The molecule has 102 valence electrons. The maximum Gasteiger partial charge on any atom is 0.234 e. The molecule has 0 aromatic rings. The Morgan fingerprint density at radius 3 is 2.56 bits per heavy atom. The summed E-state index contributed by atoms with van der Waals surface area (Å²) in [4.78, 5) is 11.8. The third-order valence-electron chi connectivity index (χ3n) is 4.86. The van der Waals surface area contributed by atoms with Crippen LogP contribution in [0, 0.1) is 17.8 Å². The van der Waals surface area contributed by atoms with E-state index in [-0.39, 0.29) is 5.91 Å². The van der Waals surface area contributed by atoms with E-state index < -0.39 is 0 Å². The molecule has 18 heavy (non-hydrogen) atoms. The molecule has 0 spiro atoms. The Bertz CT molecular complexity index is 295. The van der Waals surface area contributed by atoms with E-state index in [1.807, 2.05) is 0 Å². The molecule has 0 saturated heterocycles. The topological polar surface area (TPSA) is 41.1 Å². The number of carbonyl (C=O) groups excluding carboxylic acids is 1. The van der Waals surface area contributed by atoms with Gasteiger partial charge in [0.15, 0.2) is 0 Å². The molecule has 0 aromatic heterocycles. The first-order valence-corrected chi connectivity index (χ1v) is 7.83. The van der Waals surface area contributed by atoms with Gasteiger partial charge in [-0.25, -0.2) is 0 Å². The maximum atomic E-state index is 11.8. The molecule has 3 fully saturated rings. The minimum atomic E-state index is 0.207. The SMILES string of the molecule is O=C(CNCC1CC1)NC1CC1C1CCCCC1. The average molecular weight is 250 g/mol. The third-order valence-corrected chi connectivity index (χ3v) is 4.86. The summed E-state index contributed by atoms with van der Waals surface area (Å²) in [5.41, 5.74) is 0. The molecule has 1 amide bonds. The zero-order valence-corrected chi connectivity index (χ0v) is 11.3. The molecule has 0 aromatic carbocycles. The van der Waals surface area contributed by atoms with Gasteiger partial charge in [0.1, 0.15) is 0 Å². The summed E-state index contributed by atoms with van der Waals surface area (Å²) in [5.74, 6) is 2.77. The van der Waals surface area contributed by atoms with E-state index in [4.69, 9.17) is 0 Å². The van der Waals surface area contributed by atoms with E-state index in [2.05, 4.69) is 10.6 Å². The molecule has 2 unspecified atom stereocenters. The highest BCUT2D eigenvalue weighted by Crippen LogP contribution is 2.44. The predicted octanol–water partition coefficient (Wildman–Crippen LogP) is 2.07. The second-order valence-electron chi connectivity index (χ2n) is 6.55. The van der Waals surface area contributed by atoms with Crippen LogP contribution in [0.15, 0.2) is 0 Å². The van der Waals surface area contributed by atoms with Crippen LogP contribution in [-0.2, 0) is 4.79 Å². The van der Waals surface area contributed by atoms with E-state index >= 15 is 0 Å². The smallest absolute Gasteiger partial charge is 0.234 e. The predicted molar refractivity (Wildman–Crippen MR) is 72.2 cm³/mol. The number of hydrogen-bond acceptors (Lipinski definition) is 2. The van der Waals surface area contributed by atoms with E-state index in [0.717, 1.165) is 24.3 Å². The number of hydrogen-bond donors (Lipinski definition) is 2. The highest BCUT2D eigenvalue weighted by atomic mass is 16.2. The summed E-state index contributed by atoms with van der Waals surface area (Å²) in [6.07, 6.45) is 11.0. The van der Waals surface area contributed by atoms with Crippen LogP contribution >= 0.6 is 0 Å². The van der Waals surface area contributed by atoms with Crippen molar-refractivity contribution >= 4 is 5.91 Å². The Morgan fingerprint density at radius 1 is 1.06 bits per heavy atom. The number of amides is 1. The highest BCUT2D eigenvalue weighted by Gasteiger charge is 2.43. The lowest BCUT2D eigenvalue weighted by molar-refractivity contribution is -0.120. The zero-order chi connectivity index (χ0) is 12.4. The van der Waals surface area contributed by atoms with Gasteiger partial charge in [-0.2, -0.15) is 0 Å². The van der Waals surface area contributed by atoms with Crippen LogP contribution in [0.2, 0.25) is 0 Å². The van der Waals surface area contributed by atoms with Gasteiger partial charge in [0.05, 0.1) is 6.54 Å². The molecule has 0 heterocycles. The van der Waals surface area contributed by atoms with Crippen LogP contribution < -0.4 is 10.6 Å². The minimum Gasteiger partial charge on any atom is -0.352 e. The molecule has 3 nitrogen and oxygen atoms in total. The molecule has 3 aliphatic rings. The Balaban J connectivity index is 1.30. The van der Waals surface area contributed by atoms with Gasteiger partial charge in [0.2, 0.25) is 5.91 Å². The Hall–Kier alpha value is -0.570. The lowest BCUT2D eigenvalue weighted by Crippen LogP contribution is -2.37. The molecule has 0 aliphatic heterocycles. The average Bonchev–Trinajstić information content (AvgIpc) is 3.26. The summed E-state index contributed by atoms with van der Waals surface area (Å²) < 4.78 is 0. The molecule has 2 N–H and O–H groups in total. The second-order valence-corrected chi connectivity index (χ2v) is 6.55. The van der Waals surface area contributed by atoms with Crippen LogP contribution in [0.3, 0.4) is 0 Å². The van der Waals surface area contributed by atoms with E-state index in [0.29, 0.717) is 12.6 Å². The second kappa shape index (κ2) is 5.60. The van der Waals surface area contributed by atoms with E-state index in [1.165, 1.54) is 51.4 Å². The van der Waals surface area contributed by atoms with Crippen LogP contribution in [0.1, 0.15) is 51.4 Å². The van der Waals surface area contributed by atoms with Crippen LogP contribution in [-0.4, -0.2) is 25.0 Å². The molecule has 0 radical (unpaired) electrons. The molecule has 3 rings (SSSR count). The Morgan fingerprint density at radius 2 is 1.83 bits per heavy atom. The maximum absolute atomic E-state index is 11.8. The van der Waals surface area contributed by atoms with Crippen molar-refractivity contribution in [1.82, 2.24) is 10.6 Å². The Labute approximate surface area is 110 Å². The van der Waals surface area contributed by atoms with Crippen LogP contribution in [0.25, 0.3) is 0 Å². The van der Waals surface area contributed by atoms with Crippen molar-refractivity contribution in [2.45, 2.75) is 57.4 Å². The van der Waals surface area contributed by atoms with E-state index in [1.54, 1.807) is 0 Å². The largest absolute Gasteiger partial charge is 0.352 e. The summed E-state index contributed by atoms with van der Waals surface area (Å²) in [5, 5.41) is 6.46. The third kappa shape index (κ3) is 3.47. The van der Waals surface area contributed by atoms with Gasteiger partial charge in [-0.05, 0) is 43.6 Å². The van der Waals surface area contributed by atoms with Crippen LogP contribution in [0.5, 0.6) is 0 Å². The number of carbonyl (C=O) groups is 1. The quantitative estimate of drug-likeness (QED) is 0.758. The van der Waals surface area contributed by atoms with Crippen molar-refractivity contribution < 1.29 is 4.79 Å². The standard InChI is InChI=1S/C15H26N2O/c18-15(10-16-9-11-6-7-11)17-14-8-13(14)12-4-2-1-3-5-12/h11-14,16H,1-10H2,(H,17,18). The monoisotopic (exact) mass is 250 g/mol. The first-order chi connectivity index (χ1) is 8.83. The molecular weight excluding hydrogens is 224 g/mol. The van der Waals surface area contributed by atoms with Gasteiger partial charge in [0.25, 0.3) is 0 Å². The van der Waals surface area contributed by atoms with Gasteiger partial charge in [-0.1, -0.05) is 32.1 Å². The normalized spacial score (nSPS) is 32.2. The molecule has 2 atom stereocenters. The lowest BCUT2D eigenvalue weighted by Gasteiger charge is -2.21. The van der Waals surface area contributed by atoms with Crippen molar-refractivity contribution in [1.29, 1.82) is 0 Å². The fourth-order valence-corrected chi connectivity index (χ4v) is 3.43. The lowest BCUT2D eigenvalue weighted by atomic mass is 9.85. The fourth-order valence-electron chi connectivity index (χ4n) is 3.43. The summed E-state index contributed by atoms with van der Waals surface area (Å²) in [6, 6.07) is 0.503. The zero-order valence-electron chi connectivity index (χ0n) is 11.3. The first kappa shape index (κ1) is 12.5. The number of rotatable bonds is 6. The van der Waals surface area contributed by atoms with Crippen molar-refractivity contribution in [2.75, 3.05) is 13.1 Å². The highest BCUT2D eigenvalue weighted by molar-refractivity contribution is 5.78. The van der Waals surface area contributed by atoms with Gasteiger partial charge in [-0.15, -0.1) is 0 Å². The number of nitrogens with one attached hydrogen (secondary N) is 2. The van der Waals surface area contributed by atoms with Crippen molar-refractivity contribution in [3.63, 3.8) is 0 Å². The van der Waals surface area contributed by atoms with Gasteiger partial charge < -0.3 is 10.6 Å². The summed E-state index contributed by atoms with van der Waals surface area (Å²) in [7, 11) is 0. The van der Waals surface area contributed by atoms with Gasteiger partial charge in [-0.3, -0.25) is 4.79 Å². The fraction of sp³-hybridized carbons (Fsp3) is 0.933. The van der Waals surface area contributed by atoms with Gasteiger partial charge >= 0.3 is 0 Å². The molecular formula is C15H26N2O. The summed E-state index contributed by atoms with van der Waals surface area (Å²) >= 11 is 0. The molecule has 3 aliphatic carbocycles. The van der Waals surface area contributed by atoms with Crippen molar-refractivity contribution in [2.24, 2.45) is 17.8 Å². The van der Waals surface area contributed by atoms with Crippen LogP contribution in [0.4, 0.5) is 0 Å². The molecule has 0 bridgehead atoms. The molecule has 3 heteroatoms.